The summed E-state index contributed by atoms with van der Waals surface area (Å²) in [4.78, 5) is 25.4. The number of aromatic nitrogens is 4. The molecule has 0 saturated carbocycles. The highest BCUT2D eigenvalue weighted by molar-refractivity contribution is 5.99. The Balaban J connectivity index is 1.22. The predicted octanol–water partition coefficient (Wildman–Crippen LogP) is 4.49. The topological polar surface area (TPSA) is 112 Å². The van der Waals surface area contributed by atoms with Crippen LogP contribution in [0.5, 0.6) is 23.1 Å². The van der Waals surface area contributed by atoms with Crippen molar-refractivity contribution < 1.29 is 19.0 Å². The quantitative estimate of drug-likeness (QED) is 0.453. The average molecular weight is 458 g/mol. The van der Waals surface area contributed by atoms with Gasteiger partial charge in [-0.25, -0.2) is 14.8 Å². The average Bonchev–Trinajstić information content (AvgIpc) is 3.26. The van der Waals surface area contributed by atoms with Crippen LogP contribution < -0.4 is 24.8 Å². The van der Waals surface area contributed by atoms with Crippen molar-refractivity contribution in [1.82, 2.24) is 19.5 Å². The Labute approximate surface area is 195 Å². The molecule has 0 saturated heterocycles. The lowest BCUT2D eigenvalue weighted by Crippen LogP contribution is -2.20. The second kappa shape index (κ2) is 9.10. The first-order valence-corrected chi connectivity index (χ1v) is 10.6. The molecule has 5 rings (SSSR count). The molecule has 1 aliphatic heterocycles. The second-order valence-corrected chi connectivity index (χ2v) is 7.52. The van der Waals surface area contributed by atoms with Crippen LogP contribution in [0.1, 0.15) is 11.6 Å². The Morgan fingerprint density at radius 2 is 1.68 bits per heavy atom. The maximum atomic E-state index is 12.4. The van der Waals surface area contributed by atoms with Gasteiger partial charge in [0.25, 0.3) is 0 Å². The van der Waals surface area contributed by atoms with Gasteiger partial charge in [-0.05, 0) is 50.2 Å². The molecule has 2 N–H and O–H groups in total. The number of aryl methyl sites for hydroxylation is 2. The Kier molecular flexibility index (Phi) is 5.69. The fourth-order valence-corrected chi connectivity index (χ4v) is 3.46. The van der Waals surface area contributed by atoms with E-state index < -0.39 is 0 Å². The number of urea groups is 1. The second-order valence-electron chi connectivity index (χ2n) is 7.52. The summed E-state index contributed by atoms with van der Waals surface area (Å²) in [7, 11) is 0. The Morgan fingerprint density at radius 1 is 0.941 bits per heavy atom. The molecule has 2 amide bonds. The molecule has 2 aromatic heterocycles. The molecule has 2 aromatic carbocycles. The molecule has 10 nitrogen and oxygen atoms in total. The third kappa shape index (κ3) is 4.75. The number of rotatable bonds is 5. The molecular weight excluding hydrogens is 436 g/mol. The van der Waals surface area contributed by atoms with E-state index in [1.54, 1.807) is 61.7 Å². The molecule has 1 aliphatic rings. The van der Waals surface area contributed by atoms with Crippen molar-refractivity contribution in [2.45, 2.75) is 13.8 Å². The molecule has 3 heterocycles. The number of imidazole rings is 1. The molecule has 0 bridgehead atoms. The van der Waals surface area contributed by atoms with Crippen LogP contribution in [0.3, 0.4) is 0 Å². The van der Waals surface area contributed by atoms with E-state index in [2.05, 4.69) is 25.6 Å². The lowest BCUT2D eigenvalue weighted by Gasteiger charge is -2.19. The summed E-state index contributed by atoms with van der Waals surface area (Å²) < 4.78 is 18.8. The minimum Gasteiger partial charge on any atom is -0.486 e. The van der Waals surface area contributed by atoms with Crippen LogP contribution in [0, 0.1) is 13.8 Å². The van der Waals surface area contributed by atoms with Gasteiger partial charge in [0.2, 0.25) is 5.88 Å². The van der Waals surface area contributed by atoms with Gasteiger partial charge in [0.05, 0.1) is 0 Å². The zero-order valence-electron chi connectivity index (χ0n) is 18.6. The number of carbonyl (C=O) groups is 1. The lowest BCUT2D eigenvalue weighted by molar-refractivity contribution is 0.171. The number of hydrogen-bond acceptors (Lipinski definition) is 7. The van der Waals surface area contributed by atoms with Crippen LogP contribution in [0.4, 0.5) is 16.2 Å². The van der Waals surface area contributed by atoms with Crippen molar-refractivity contribution in [2.24, 2.45) is 0 Å². The highest BCUT2D eigenvalue weighted by atomic mass is 16.6. The van der Waals surface area contributed by atoms with Crippen molar-refractivity contribution in [2.75, 3.05) is 23.8 Å². The number of fused-ring (bicyclic) bond motifs is 1. The number of nitrogens with zero attached hydrogens (tertiary/aromatic N) is 4. The molecule has 0 radical (unpaired) electrons. The molecule has 10 heteroatoms. The van der Waals surface area contributed by atoms with Gasteiger partial charge in [0.15, 0.2) is 11.5 Å². The molecule has 0 aliphatic carbocycles. The van der Waals surface area contributed by atoms with Gasteiger partial charge < -0.3 is 24.8 Å². The van der Waals surface area contributed by atoms with Gasteiger partial charge in [-0.15, -0.1) is 0 Å². The van der Waals surface area contributed by atoms with E-state index in [4.69, 9.17) is 14.2 Å². The number of anilines is 2. The van der Waals surface area contributed by atoms with Crippen LogP contribution in [0.2, 0.25) is 0 Å². The third-order valence-corrected chi connectivity index (χ3v) is 5.01. The molecular formula is C24H22N6O4. The molecule has 0 atom stereocenters. The van der Waals surface area contributed by atoms with Gasteiger partial charge in [-0.2, -0.15) is 4.98 Å². The normalized spacial score (nSPS) is 12.2. The molecule has 0 spiro atoms. The summed E-state index contributed by atoms with van der Waals surface area (Å²) in [5.41, 5.74) is 1.21. The maximum absolute atomic E-state index is 12.4. The number of hydrogen-bond donors (Lipinski definition) is 2. The summed E-state index contributed by atoms with van der Waals surface area (Å²) >= 11 is 0. The lowest BCUT2D eigenvalue weighted by atomic mass is 10.2. The Bertz CT molecular complexity index is 1340. The fourth-order valence-electron chi connectivity index (χ4n) is 3.46. The van der Waals surface area contributed by atoms with Crippen molar-refractivity contribution in [1.29, 1.82) is 0 Å². The molecule has 0 fully saturated rings. The summed E-state index contributed by atoms with van der Waals surface area (Å²) in [6.45, 7) is 4.70. The SMILES string of the molecule is Cc1nc(Oc2ccc(NC(=O)Nc3ccc4c(c3)OCCO4)cc2)cc(-n2ccnc2C)n1. The van der Waals surface area contributed by atoms with E-state index in [0.717, 1.165) is 5.82 Å². The first-order chi connectivity index (χ1) is 16.5. The van der Waals surface area contributed by atoms with Gasteiger partial charge in [0, 0.05) is 35.9 Å². The predicted molar refractivity (Wildman–Crippen MR) is 125 cm³/mol. The monoisotopic (exact) mass is 458 g/mol. The molecule has 4 aromatic rings. The van der Waals surface area contributed by atoms with Gasteiger partial charge in [-0.1, -0.05) is 0 Å². The number of ether oxygens (including phenoxy) is 3. The summed E-state index contributed by atoms with van der Waals surface area (Å²) in [5.74, 6) is 4.32. The molecule has 172 valence electrons. The Morgan fingerprint density at radius 3 is 2.44 bits per heavy atom. The highest BCUT2D eigenvalue weighted by Crippen LogP contribution is 2.32. The van der Waals surface area contributed by atoms with Crippen molar-refractivity contribution in [3.05, 3.63) is 72.6 Å². The Hall–Kier alpha value is -4.60. The molecule has 0 unspecified atom stereocenters. The zero-order valence-corrected chi connectivity index (χ0v) is 18.6. The van der Waals surface area contributed by atoms with Crippen LogP contribution in [0.15, 0.2) is 60.9 Å². The van der Waals surface area contributed by atoms with Gasteiger partial charge in [-0.3, -0.25) is 4.57 Å². The minimum absolute atomic E-state index is 0.378. The number of carbonyl (C=O) groups excluding carboxylic acids is 1. The fraction of sp³-hybridized carbons (Fsp3) is 0.167. The number of benzene rings is 2. The number of nitrogens with one attached hydrogen (secondary N) is 2. The standard InChI is InChI=1S/C24H22N6O4/c1-15-26-22(30-10-9-25-16(30)2)14-23(27-15)34-19-6-3-17(4-7-19)28-24(31)29-18-5-8-20-21(13-18)33-12-11-32-20/h3-10,13-14H,11-12H2,1-2H3,(H2,28,29,31). The largest absolute Gasteiger partial charge is 0.486 e. The van der Waals surface area contributed by atoms with E-state index in [1.807, 2.05) is 17.7 Å². The van der Waals surface area contributed by atoms with E-state index in [9.17, 15) is 4.79 Å². The van der Waals surface area contributed by atoms with Crippen molar-refractivity contribution in [3.8, 4) is 28.9 Å². The summed E-state index contributed by atoms with van der Waals surface area (Å²) in [6, 6.07) is 13.6. The van der Waals surface area contributed by atoms with E-state index in [1.165, 1.54) is 0 Å². The van der Waals surface area contributed by atoms with Crippen LogP contribution in [0.25, 0.3) is 5.82 Å². The zero-order chi connectivity index (χ0) is 23.5. The van der Waals surface area contributed by atoms with Gasteiger partial charge >= 0.3 is 6.03 Å². The summed E-state index contributed by atoms with van der Waals surface area (Å²) in [6.07, 6.45) is 3.54. The first kappa shape index (κ1) is 21.3. The van der Waals surface area contributed by atoms with E-state index in [-0.39, 0.29) is 6.03 Å². The van der Waals surface area contributed by atoms with Crippen molar-refractivity contribution in [3.63, 3.8) is 0 Å². The van der Waals surface area contributed by atoms with Crippen LogP contribution >= 0.6 is 0 Å². The molecule has 34 heavy (non-hydrogen) atoms. The minimum atomic E-state index is -0.378. The third-order valence-electron chi connectivity index (χ3n) is 5.01. The highest BCUT2D eigenvalue weighted by Gasteiger charge is 2.13. The number of amides is 2. The maximum Gasteiger partial charge on any atom is 0.323 e. The van der Waals surface area contributed by atoms with Crippen LogP contribution in [-0.2, 0) is 0 Å². The smallest absolute Gasteiger partial charge is 0.323 e. The van der Waals surface area contributed by atoms with Crippen molar-refractivity contribution >= 4 is 17.4 Å². The first-order valence-electron chi connectivity index (χ1n) is 10.6. The van der Waals surface area contributed by atoms with Gasteiger partial charge in [0.1, 0.15) is 36.4 Å². The van der Waals surface area contributed by atoms with Crippen LogP contribution in [-0.4, -0.2) is 38.8 Å². The van der Waals surface area contributed by atoms with E-state index in [0.29, 0.717) is 59.4 Å². The van der Waals surface area contributed by atoms with E-state index >= 15 is 0 Å². The summed E-state index contributed by atoms with van der Waals surface area (Å²) in [5, 5.41) is 5.58.